The lowest BCUT2D eigenvalue weighted by Gasteiger charge is -1.97. The monoisotopic (exact) mass is 266 g/mol. The van der Waals surface area contributed by atoms with Crippen molar-refractivity contribution in [1.29, 1.82) is 5.26 Å². The fraction of sp³-hybridized carbons (Fsp3) is 0.0667. The Balaban J connectivity index is 2.18. The molecule has 0 unspecified atom stereocenters. The van der Waals surface area contributed by atoms with Gasteiger partial charge in [-0.1, -0.05) is 18.2 Å². The predicted octanol–water partition coefficient (Wildman–Crippen LogP) is 3.84. The van der Waals surface area contributed by atoms with Crippen molar-refractivity contribution in [3.8, 4) is 22.4 Å². The van der Waals surface area contributed by atoms with Gasteiger partial charge in [0, 0.05) is 5.56 Å². The number of benzene rings is 2. The van der Waals surface area contributed by atoms with E-state index in [1.54, 1.807) is 18.4 Å². The molecule has 0 radical (unpaired) electrons. The van der Waals surface area contributed by atoms with Gasteiger partial charge in [-0.2, -0.15) is 5.26 Å². The second-order valence-electron chi connectivity index (χ2n) is 4.01. The Labute approximate surface area is 114 Å². The van der Waals surface area contributed by atoms with Crippen LogP contribution in [0.5, 0.6) is 5.75 Å². The lowest BCUT2D eigenvalue weighted by atomic mass is 10.1. The molecule has 0 saturated heterocycles. The third-order valence-electron chi connectivity index (χ3n) is 2.87. The van der Waals surface area contributed by atoms with Crippen LogP contribution in [0.15, 0.2) is 42.5 Å². The van der Waals surface area contributed by atoms with Crippen LogP contribution in [0.1, 0.15) is 5.56 Å². The van der Waals surface area contributed by atoms with Gasteiger partial charge < -0.3 is 4.74 Å². The molecule has 0 amide bonds. The van der Waals surface area contributed by atoms with Gasteiger partial charge in [0.1, 0.15) is 10.8 Å². The van der Waals surface area contributed by atoms with Crippen LogP contribution in [0.3, 0.4) is 0 Å². The largest absolute Gasteiger partial charge is 0.497 e. The van der Waals surface area contributed by atoms with Gasteiger partial charge in [-0.15, -0.1) is 11.3 Å². The number of nitrogens with zero attached hydrogens (tertiary/aromatic N) is 2. The average Bonchev–Trinajstić information content (AvgIpc) is 2.89. The van der Waals surface area contributed by atoms with Crippen LogP contribution in [0.4, 0.5) is 0 Å². The third kappa shape index (κ3) is 2.05. The van der Waals surface area contributed by atoms with Crippen LogP contribution in [-0.4, -0.2) is 12.1 Å². The first-order chi connectivity index (χ1) is 9.31. The Kier molecular flexibility index (Phi) is 2.90. The molecule has 3 nitrogen and oxygen atoms in total. The van der Waals surface area contributed by atoms with Crippen molar-refractivity contribution < 1.29 is 4.74 Å². The lowest BCUT2D eigenvalue weighted by molar-refractivity contribution is 0.415. The van der Waals surface area contributed by atoms with Gasteiger partial charge >= 0.3 is 0 Å². The molecular formula is C15H10N2OS. The Morgan fingerprint density at radius 1 is 1.21 bits per heavy atom. The summed E-state index contributed by atoms with van der Waals surface area (Å²) in [6, 6.07) is 15.5. The van der Waals surface area contributed by atoms with Crippen molar-refractivity contribution >= 4 is 21.6 Å². The van der Waals surface area contributed by atoms with Gasteiger partial charge in [-0.25, -0.2) is 4.98 Å². The number of rotatable bonds is 2. The van der Waals surface area contributed by atoms with Crippen LogP contribution >= 0.6 is 11.3 Å². The van der Waals surface area contributed by atoms with E-state index in [1.807, 2.05) is 42.5 Å². The number of ether oxygens (including phenoxy) is 1. The standard InChI is InChI=1S/C15H10N2OS/c1-18-11-6-7-13-14(8-11)19-15(17-13)12-5-3-2-4-10(12)9-16/h2-8H,1H3. The molecular weight excluding hydrogens is 256 g/mol. The van der Waals surface area contributed by atoms with E-state index in [0.29, 0.717) is 5.56 Å². The van der Waals surface area contributed by atoms with E-state index >= 15 is 0 Å². The first kappa shape index (κ1) is 11.7. The summed E-state index contributed by atoms with van der Waals surface area (Å²) in [5, 5.41) is 10.0. The summed E-state index contributed by atoms with van der Waals surface area (Å²) in [6.07, 6.45) is 0. The molecule has 0 atom stereocenters. The molecule has 0 aliphatic carbocycles. The number of nitriles is 1. The molecule has 0 aliphatic heterocycles. The number of fused-ring (bicyclic) bond motifs is 1. The van der Waals surface area contributed by atoms with Crippen molar-refractivity contribution in [2.75, 3.05) is 7.11 Å². The highest BCUT2D eigenvalue weighted by Gasteiger charge is 2.10. The van der Waals surface area contributed by atoms with Gasteiger partial charge in [0.05, 0.1) is 29.0 Å². The molecule has 1 aromatic heterocycles. The number of thiazole rings is 1. The normalized spacial score (nSPS) is 10.3. The molecule has 0 saturated carbocycles. The number of hydrogen-bond donors (Lipinski definition) is 0. The summed E-state index contributed by atoms with van der Waals surface area (Å²) >= 11 is 1.57. The maximum atomic E-state index is 9.14. The first-order valence-electron chi connectivity index (χ1n) is 5.76. The smallest absolute Gasteiger partial charge is 0.125 e. The van der Waals surface area contributed by atoms with Gasteiger partial charge in [-0.05, 0) is 24.3 Å². The van der Waals surface area contributed by atoms with Gasteiger partial charge in [-0.3, -0.25) is 0 Å². The lowest BCUT2D eigenvalue weighted by Crippen LogP contribution is -1.82. The second kappa shape index (κ2) is 4.71. The van der Waals surface area contributed by atoms with E-state index in [-0.39, 0.29) is 0 Å². The van der Waals surface area contributed by atoms with Crippen molar-refractivity contribution in [1.82, 2.24) is 4.98 Å². The molecule has 0 aliphatic rings. The van der Waals surface area contributed by atoms with Crippen LogP contribution < -0.4 is 4.74 Å². The zero-order chi connectivity index (χ0) is 13.2. The highest BCUT2D eigenvalue weighted by atomic mass is 32.1. The average molecular weight is 266 g/mol. The second-order valence-corrected chi connectivity index (χ2v) is 5.04. The minimum Gasteiger partial charge on any atom is -0.497 e. The summed E-state index contributed by atoms with van der Waals surface area (Å²) in [6.45, 7) is 0. The highest BCUT2D eigenvalue weighted by Crippen LogP contribution is 2.33. The predicted molar refractivity (Wildman–Crippen MR) is 76.3 cm³/mol. The van der Waals surface area contributed by atoms with Crippen molar-refractivity contribution in [3.05, 3.63) is 48.0 Å². The maximum Gasteiger partial charge on any atom is 0.125 e. The van der Waals surface area contributed by atoms with Gasteiger partial charge in [0.2, 0.25) is 0 Å². The van der Waals surface area contributed by atoms with Crippen molar-refractivity contribution in [2.45, 2.75) is 0 Å². The van der Waals surface area contributed by atoms with Gasteiger partial charge in [0.25, 0.3) is 0 Å². The molecule has 0 spiro atoms. The van der Waals surface area contributed by atoms with E-state index in [9.17, 15) is 0 Å². The molecule has 3 aromatic rings. The van der Waals surface area contributed by atoms with E-state index in [4.69, 9.17) is 10.00 Å². The molecule has 0 fully saturated rings. The topological polar surface area (TPSA) is 45.9 Å². The zero-order valence-corrected chi connectivity index (χ0v) is 11.1. The fourth-order valence-corrected chi connectivity index (χ4v) is 2.95. The van der Waals surface area contributed by atoms with Crippen molar-refractivity contribution in [3.63, 3.8) is 0 Å². The van der Waals surface area contributed by atoms with E-state index in [2.05, 4.69) is 11.1 Å². The number of methoxy groups -OCH3 is 1. The van der Waals surface area contributed by atoms with E-state index in [1.165, 1.54) is 0 Å². The van der Waals surface area contributed by atoms with E-state index in [0.717, 1.165) is 26.5 Å². The maximum absolute atomic E-state index is 9.14. The molecule has 3 rings (SSSR count). The van der Waals surface area contributed by atoms with E-state index < -0.39 is 0 Å². The molecule has 2 aromatic carbocycles. The first-order valence-corrected chi connectivity index (χ1v) is 6.57. The number of hydrogen-bond acceptors (Lipinski definition) is 4. The SMILES string of the molecule is COc1ccc2nc(-c3ccccc3C#N)sc2c1. The third-order valence-corrected chi connectivity index (χ3v) is 3.92. The Morgan fingerprint density at radius 2 is 2.05 bits per heavy atom. The Bertz CT molecular complexity index is 786. The highest BCUT2D eigenvalue weighted by molar-refractivity contribution is 7.21. The van der Waals surface area contributed by atoms with Crippen LogP contribution in [0.25, 0.3) is 20.8 Å². The number of aromatic nitrogens is 1. The van der Waals surface area contributed by atoms with Gasteiger partial charge in [0.15, 0.2) is 0 Å². The summed E-state index contributed by atoms with van der Waals surface area (Å²) in [5.41, 5.74) is 2.45. The molecule has 0 N–H and O–H groups in total. The summed E-state index contributed by atoms with van der Waals surface area (Å²) in [5.74, 6) is 0.816. The quantitative estimate of drug-likeness (QED) is 0.708. The van der Waals surface area contributed by atoms with Crippen molar-refractivity contribution in [2.24, 2.45) is 0 Å². The fourth-order valence-electron chi connectivity index (χ4n) is 1.91. The minimum atomic E-state index is 0.647. The Hall–Kier alpha value is -2.38. The Morgan fingerprint density at radius 3 is 2.84 bits per heavy atom. The minimum absolute atomic E-state index is 0.647. The molecule has 0 bridgehead atoms. The molecule has 19 heavy (non-hydrogen) atoms. The zero-order valence-electron chi connectivity index (χ0n) is 10.3. The summed E-state index contributed by atoms with van der Waals surface area (Å²) < 4.78 is 6.27. The summed E-state index contributed by atoms with van der Waals surface area (Å²) in [7, 11) is 1.65. The molecule has 4 heteroatoms. The molecule has 92 valence electrons. The molecule has 1 heterocycles. The van der Waals surface area contributed by atoms with Crippen LogP contribution in [-0.2, 0) is 0 Å². The summed E-state index contributed by atoms with van der Waals surface area (Å²) in [4.78, 5) is 4.58. The van der Waals surface area contributed by atoms with Crippen LogP contribution in [0.2, 0.25) is 0 Å². The van der Waals surface area contributed by atoms with Crippen LogP contribution in [0, 0.1) is 11.3 Å².